The topological polar surface area (TPSA) is 46.5 Å². The van der Waals surface area contributed by atoms with E-state index in [1.807, 2.05) is 26.0 Å². The second-order valence-corrected chi connectivity index (χ2v) is 6.95. The number of carbonyl (C=O) groups is 1. The minimum atomic E-state index is -0.565. The molecule has 3 nitrogen and oxygen atoms in total. The number of fused-ring (bicyclic) bond motifs is 1. The number of aromatic hydroxyl groups is 1. The maximum atomic E-state index is 12.1. The van der Waals surface area contributed by atoms with Crippen molar-refractivity contribution in [3.8, 4) is 11.5 Å². The molecule has 0 radical (unpaired) electrons. The lowest BCUT2D eigenvalue weighted by Crippen LogP contribution is -2.31. The number of phenolic OH excluding ortho intramolecular Hbond substituents is 1. The van der Waals surface area contributed by atoms with Gasteiger partial charge < -0.3 is 9.84 Å². The number of hydrogen-bond acceptors (Lipinski definition) is 3. The summed E-state index contributed by atoms with van der Waals surface area (Å²) in [6, 6.07) is 10.6. The minimum Gasteiger partial charge on any atom is -0.507 e. The first-order valence-electron chi connectivity index (χ1n) is 6.07. The summed E-state index contributed by atoms with van der Waals surface area (Å²) < 4.78 is 4.89. The fraction of sp³-hybridized carbons (Fsp3) is 0.267. The lowest BCUT2D eigenvalue weighted by Gasteiger charge is -2.19. The Hall–Kier alpha value is -1.30. The molecule has 19 heavy (non-hydrogen) atoms. The SMILES string of the molecule is CCC(C)(I)C(=O)Oc1cccc2cccc(O)c12. The van der Waals surface area contributed by atoms with Crippen LogP contribution in [0.1, 0.15) is 20.3 Å². The largest absolute Gasteiger partial charge is 0.507 e. The third-order valence-corrected chi connectivity index (χ3v) is 4.34. The van der Waals surface area contributed by atoms with E-state index in [-0.39, 0.29) is 11.7 Å². The smallest absolute Gasteiger partial charge is 0.327 e. The molecule has 1 N–H and O–H groups in total. The molecule has 0 spiro atoms. The summed E-state index contributed by atoms with van der Waals surface area (Å²) in [7, 11) is 0. The van der Waals surface area contributed by atoms with Gasteiger partial charge in [0.05, 0.1) is 5.39 Å². The zero-order valence-electron chi connectivity index (χ0n) is 10.8. The van der Waals surface area contributed by atoms with Gasteiger partial charge in [0.2, 0.25) is 0 Å². The summed E-state index contributed by atoms with van der Waals surface area (Å²) in [5.74, 6) is 0.218. The molecule has 2 aromatic rings. The molecular weight excluding hydrogens is 355 g/mol. The molecule has 1 atom stereocenters. The maximum Gasteiger partial charge on any atom is 0.327 e. The van der Waals surface area contributed by atoms with Crippen LogP contribution in [0.25, 0.3) is 10.8 Å². The molecule has 0 aromatic heterocycles. The van der Waals surface area contributed by atoms with Gasteiger partial charge in [-0.2, -0.15) is 0 Å². The van der Waals surface area contributed by atoms with Crippen LogP contribution in [0.5, 0.6) is 11.5 Å². The summed E-state index contributed by atoms with van der Waals surface area (Å²) in [4.78, 5) is 12.1. The van der Waals surface area contributed by atoms with Crippen LogP contribution in [-0.2, 0) is 4.79 Å². The summed E-state index contributed by atoms with van der Waals surface area (Å²) in [6.45, 7) is 3.77. The number of ether oxygens (including phenoxy) is 1. The molecule has 100 valence electrons. The Bertz CT molecular complexity index is 615. The number of phenols is 1. The Kier molecular flexibility index (Phi) is 3.99. The van der Waals surface area contributed by atoms with Gasteiger partial charge in [-0.25, -0.2) is 0 Å². The van der Waals surface area contributed by atoms with Crippen LogP contribution in [0.3, 0.4) is 0 Å². The molecule has 0 bridgehead atoms. The summed E-state index contributed by atoms with van der Waals surface area (Å²) in [5, 5.41) is 11.3. The van der Waals surface area contributed by atoms with E-state index in [0.29, 0.717) is 17.6 Å². The average Bonchev–Trinajstić information content (AvgIpc) is 2.39. The Balaban J connectivity index is 2.44. The predicted octanol–water partition coefficient (Wildman–Crippen LogP) is 4.05. The molecule has 0 aliphatic carbocycles. The van der Waals surface area contributed by atoms with Gasteiger partial charge in [-0.3, -0.25) is 4.79 Å². The number of esters is 1. The molecule has 1 unspecified atom stereocenters. The third-order valence-electron chi connectivity index (χ3n) is 3.14. The summed E-state index contributed by atoms with van der Waals surface area (Å²) in [6.07, 6.45) is 0.684. The molecule has 0 saturated carbocycles. The highest BCUT2D eigenvalue weighted by Gasteiger charge is 2.30. The van der Waals surface area contributed by atoms with E-state index in [1.165, 1.54) is 0 Å². The van der Waals surface area contributed by atoms with E-state index in [0.717, 1.165) is 5.39 Å². The van der Waals surface area contributed by atoms with Crippen molar-refractivity contribution >= 4 is 39.3 Å². The molecule has 0 saturated heterocycles. The van der Waals surface area contributed by atoms with E-state index in [2.05, 4.69) is 22.6 Å². The van der Waals surface area contributed by atoms with E-state index < -0.39 is 3.42 Å². The maximum absolute atomic E-state index is 12.1. The molecule has 0 aliphatic heterocycles. The summed E-state index contributed by atoms with van der Waals surface area (Å²) >= 11 is 2.09. The molecule has 0 fully saturated rings. The van der Waals surface area contributed by atoms with Gasteiger partial charge in [-0.1, -0.05) is 53.8 Å². The van der Waals surface area contributed by atoms with Crippen molar-refractivity contribution in [3.05, 3.63) is 36.4 Å². The first kappa shape index (κ1) is 14.1. The van der Waals surface area contributed by atoms with Crippen molar-refractivity contribution in [2.75, 3.05) is 0 Å². The fourth-order valence-electron chi connectivity index (χ4n) is 1.72. The van der Waals surface area contributed by atoms with Gasteiger partial charge >= 0.3 is 5.97 Å². The third kappa shape index (κ3) is 2.83. The standard InChI is InChI=1S/C15H15IO3/c1-3-15(2,16)14(18)19-12-9-5-7-10-6-4-8-11(17)13(10)12/h4-9,17H,3H2,1-2H3. The summed E-state index contributed by atoms with van der Waals surface area (Å²) in [5.41, 5.74) is 0. The van der Waals surface area contributed by atoms with Gasteiger partial charge in [0.25, 0.3) is 0 Å². The first-order valence-corrected chi connectivity index (χ1v) is 7.15. The number of rotatable bonds is 3. The van der Waals surface area contributed by atoms with Crippen LogP contribution in [-0.4, -0.2) is 14.5 Å². The minimum absolute atomic E-state index is 0.118. The van der Waals surface area contributed by atoms with Crippen LogP contribution < -0.4 is 4.74 Å². The number of alkyl halides is 1. The van der Waals surface area contributed by atoms with Crippen LogP contribution in [0.4, 0.5) is 0 Å². The van der Waals surface area contributed by atoms with E-state index in [1.54, 1.807) is 24.3 Å². The van der Waals surface area contributed by atoms with Gasteiger partial charge in [-0.15, -0.1) is 0 Å². The molecule has 0 heterocycles. The van der Waals surface area contributed by atoms with E-state index in [4.69, 9.17) is 4.74 Å². The van der Waals surface area contributed by atoms with Gasteiger partial charge in [0.1, 0.15) is 14.9 Å². The zero-order chi connectivity index (χ0) is 14.0. The number of halogens is 1. The number of benzene rings is 2. The van der Waals surface area contributed by atoms with Crippen molar-refractivity contribution in [3.63, 3.8) is 0 Å². The normalized spacial score (nSPS) is 14.1. The highest BCUT2D eigenvalue weighted by atomic mass is 127. The number of carbonyl (C=O) groups excluding carboxylic acids is 1. The molecular formula is C15H15IO3. The average molecular weight is 370 g/mol. The lowest BCUT2D eigenvalue weighted by molar-refractivity contribution is -0.136. The molecule has 2 rings (SSSR count). The van der Waals surface area contributed by atoms with Gasteiger partial charge in [0, 0.05) is 0 Å². The second kappa shape index (κ2) is 5.36. The van der Waals surface area contributed by atoms with Crippen molar-refractivity contribution < 1.29 is 14.6 Å². The van der Waals surface area contributed by atoms with Crippen molar-refractivity contribution in [2.24, 2.45) is 0 Å². The second-order valence-electron chi connectivity index (χ2n) is 4.57. The molecule has 4 heteroatoms. The van der Waals surface area contributed by atoms with Crippen LogP contribution in [0.2, 0.25) is 0 Å². The van der Waals surface area contributed by atoms with Crippen molar-refractivity contribution in [2.45, 2.75) is 23.7 Å². The molecule has 0 amide bonds. The predicted molar refractivity (Wildman–Crippen MR) is 84.0 cm³/mol. The Morgan fingerprint density at radius 3 is 2.58 bits per heavy atom. The van der Waals surface area contributed by atoms with Crippen LogP contribution in [0.15, 0.2) is 36.4 Å². The highest BCUT2D eigenvalue weighted by Crippen LogP contribution is 2.34. The Morgan fingerprint density at radius 1 is 1.32 bits per heavy atom. The molecule has 0 aliphatic rings. The highest BCUT2D eigenvalue weighted by molar-refractivity contribution is 14.1. The first-order chi connectivity index (χ1) is 8.95. The van der Waals surface area contributed by atoms with Crippen LogP contribution in [0, 0.1) is 0 Å². The Labute approximate surface area is 125 Å². The number of hydrogen-bond donors (Lipinski definition) is 1. The van der Waals surface area contributed by atoms with Crippen molar-refractivity contribution in [1.29, 1.82) is 0 Å². The van der Waals surface area contributed by atoms with Gasteiger partial charge in [0.15, 0.2) is 0 Å². The van der Waals surface area contributed by atoms with Gasteiger partial charge in [-0.05, 0) is 30.9 Å². The Morgan fingerprint density at radius 2 is 1.95 bits per heavy atom. The fourth-order valence-corrected chi connectivity index (χ4v) is 1.83. The lowest BCUT2D eigenvalue weighted by atomic mass is 10.1. The van der Waals surface area contributed by atoms with E-state index >= 15 is 0 Å². The van der Waals surface area contributed by atoms with Crippen LogP contribution >= 0.6 is 22.6 Å². The quantitative estimate of drug-likeness (QED) is 0.384. The van der Waals surface area contributed by atoms with E-state index in [9.17, 15) is 9.90 Å². The molecule has 2 aromatic carbocycles. The zero-order valence-corrected chi connectivity index (χ0v) is 13.0. The monoisotopic (exact) mass is 370 g/mol. The van der Waals surface area contributed by atoms with Crippen molar-refractivity contribution in [1.82, 2.24) is 0 Å².